The number of nitro groups is 2. The van der Waals surface area contributed by atoms with Gasteiger partial charge in [0, 0.05) is 31.7 Å². The Kier molecular flexibility index (Phi) is 6.98. The molecule has 2 aromatic rings. The fraction of sp³-hybridized carbons (Fsp3) is 0.381. The van der Waals surface area contributed by atoms with Crippen molar-refractivity contribution in [1.29, 1.82) is 0 Å². The third kappa shape index (κ3) is 5.55. The van der Waals surface area contributed by atoms with Gasteiger partial charge in [-0.3, -0.25) is 29.9 Å². The number of hydrogen-bond donors (Lipinski definition) is 0. The van der Waals surface area contributed by atoms with Crippen LogP contribution in [0.15, 0.2) is 42.5 Å². The monoisotopic (exact) mass is 446 g/mol. The van der Waals surface area contributed by atoms with Crippen LogP contribution < -0.4 is 4.74 Å². The molecule has 0 aliphatic carbocycles. The van der Waals surface area contributed by atoms with Gasteiger partial charge in [-0.2, -0.15) is 0 Å². The maximum atomic E-state index is 13.1. The van der Waals surface area contributed by atoms with Crippen LogP contribution in [0.2, 0.25) is 0 Å². The number of carbonyl (C=O) groups excluding carboxylic acids is 1. The molecule has 1 aliphatic heterocycles. The van der Waals surface area contributed by atoms with Gasteiger partial charge in [-0.1, -0.05) is 12.1 Å². The summed E-state index contributed by atoms with van der Waals surface area (Å²) in [4.78, 5) is 37.1. The minimum atomic E-state index is -0.758. The number of halogens is 1. The van der Waals surface area contributed by atoms with Gasteiger partial charge in [0.1, 0.15) is 11.6 Å². The van der Waals surface area contributed by atoms with E-state index in [0.717, 1.165) is 23.8 Å². The Hall–Kier alpha value is -3.60. The van der Waals surface area contributed by atoms with Crippen LogP contribution in [0.4, 0.5) is 15.8 Å². The molecule has 0 bridgehead atoms. The number of carbonyl (C=O) groups is 1. The molecular weight excluding hydrogens is 423 g/mol. The number of ether oxygens (including phenoxy) is 1. The summed E-state index contributed by atoms with van der Waals surface area (Å²) in [6.45, 7) is 5.17. The normalized spacial score (nSPS) is 18.9. The Morgan fingerprint density at radius 3 is 2.19 bits per heavy atom. The van der Waals surface area contributed by atoms with Crippen molar-refractivity contribution in [3.63, 3.8) is 0 Å². The van der Waals surface area contributed by atoms with E-state index in [-0.39, 0.29) is 29.6 Å². The maximum absolute atomic E-state index is 13.1. The summed E-state index contributed by atoms with van der Waals surface area (Å²) in [5.41, 5.74) is -0.00285. The highest BCUT2D eigenvalue weighted by Crippen LogP contribution is 2.27. The lowest BCUT2D eigenvalue weighted by molar-refractivity contribution is -0.394. The van der Waals surface area contributed by atoms with E-state index < -0.39 is 27.8 Å². The topological polar surface area (TPSA) is 119 Å². The van der Waals surface area contributed by atoms with Gasteiger partial charge in [0.2, 0.25) is 0 Å². The molecule has 2 aromatic carbocycles. The Balaban J connectivity index is 1.62. The largest absolute Gasteiger partial charge is 0.483 e. The predicted octanol–water partition coefficient (Wildman–Crippen LogP) is 3.14. The Labute approximate surface area is 183 Å². The van der Waals surface area contributed by atoms with Crippen molar-refractivity contribution < 1.29 is 23.8 Å². The van der Waals surface area contributed by atoms with E-state index in [9.17, 15) is 29.4 Å². The Bertz CT molecular complexity index is 984. The minimum Gasteiger partial charge on any atom is -0.483 e. The highest BCUT2D eigenvalue weighted by Gasteiger charge is 2.32. The van der Waals surface area contributed by atoms with Gasteiger partial charge in [-0.15, -0.1) is 0 Å². The number of benzene rings is 2. The van der Waals surface area contributed by atoms with Crippen LogP contribution in [0.25, 0.3) is 0 Å². The average Bonchev–Trinajstić information content (AvgIpc) is 2.75. The van der Waals surface area contributed by atoms with Crippen molar-refractivity contribution in [2.24, 2.45) is 0 Å². The maximum Gasteiger partial charge on any atom is 0.280 e. The highest BCUT2D eigenvalue weighted by molar-refractivity contribution is 5.78. The standard InChI is InChI=1S/C21H23FN4O6/c1-14-11-24(15(2)10-23(14)12-16-3-5-17(22)6-4-16)21(27)13-32-20-8-18(25(28)29)7-19(9-20)26(30)31/h3-9,14-15H,10-13H2,1-2H3. The van der Waals surface area contributed by atoms with Gasteiger partial charge in [0.25, 0.3) is 17.3 Å². The van der Waals surface area contributed by atoms with E-state index in [1.165, 1.54) is 12.1 Å². The third-order valence-electron chi connectivity index (χ3n) is 5.39. The molecule has 0 aromatic heterocycles. The number of nitro benzene ring substituents is 2. The Morgan fingerprint density at radius 2 is 1.62 bits per heavy atom. The molecule has 2 unspecified atom stereocenters. The first-order valence-electron chi connectivity index (χ1n) is 9.98. The van der Waals surface area contributed by atoms with Crippen molar-refractivity contribution >= 4 is 17.3 Å². The van der Waals surface area contributed by atoms with Crippen LogP contribution >= 0.6 is 0 Å². The summed E-state index contributed by atoms with van der Waals surface area (Å²) < 4.78 is 18.5. The second-order valence-electron chi connectivity index (χ2n) is 7.79. The Morgan fingerprint density at radius 1 is 1.03 bits per heavy atom. The molecule has 32 heavy (non-hydrogen) atoms. The fourth-order valence-electron chi connectivity index (χ4n) is 3.68. The zero-order valence-electron chi connectivity index (χ0n) is 17.6. The average molecular weight is 446 g/mol. The lowest BCUT2D eigenvalue weighted by atomic mass is 10.1. The molecule has 170 valence electrons. The lowest BCUT2D eigenvalue weighted by Crippen LogP contribution is -2.58. The van der Waals surface area contributed by atoms with Crippen molar-refractivity contribution in [2.75, 3.05) is 19.7 Å². The SMILES string of the molecule is CC1CN(C(=O)COc2cc([N+](=O)[O-])cc([N+](=O)[O-])c2)C(C)CN1Cc1ccc(F)cc1. The molecule has 3 rings (SSSR count). The van der Waals surface area contributed by atoms with E-state index >= 15 is 0 Å². The van der Waals surface area contributed by atoms with Crippen LogP contribution in [0, 0.1) is 26.0 Å². The lowest BCUT2D eigenvalue weighted by Gasteiger charge is -2.44. The van der Waals surface area contributed by atoms with E-state index in [2.05, 4.69) is 4.90 Å². The summed E-state index contributed by atoms with van der Waals surface area (Å²) >= 11 is 0. The van der Waals surface area contributed by atoms with Gasteiger partial charge in [0.15, 0.2) is 6.61 Å². The van der Waals surface area contributed by atoms with Crippen LogP contribution in [0.1, 0.15) is 19.4 Å². The first kappa shape index (κ1) is 23.1. The summed E-state index contributed by atoms with van der Waals surface area (Å²) in [6.07, 6.45) is 0. The van der Waals surface area contributed by atoms with E-state index in [4.69, 9.17) is 4.74 Å². The number of hydrogen-bond acceptors (Lipinski definition) is 7. The molecule has 1 heterocycles. The van der Waals surface area contributed by atoms with Crippen LogP contribution in [-0.4, -0.2) is 57.3 Å². The van der Waals surface area contributed by atoms with Gasteiger partial charge >= 0.3 is 0 Å². The molecular formula is C21H23FN4O6. The second-order valence-corrected chi connectivity index (χ2v) is 7.79. The van der Waals surface area contributed by atoms with E-state index in [0.29, 0.717) is 19.6 Å². The molecule has 10 nitrogen and oxygen atoms in total. The van der Waals surface area contributed by atoms with Crippen LogP contribution in [-0.2, 0) is 11.3 Å². The number of rotatable bonds is 7. The molecule has 1 saturated heterocycles. The fourth-order valence-corrected chi connectivity index (χ4v) is 3.68. The number of piperazine rings is 1. The van der Waals surface area contributed by atoms with Crippen molar-refractivity contribution in [3.8, 4) is 5.75 Å². The first-order valence-corrected chi connectivity index (χ1v) is 9.98. The number of non-ortho nitro benzene ring substituents is 2. The van der Waals surface area contributed by atoms with Gasteiger partial charge in [-0.25, -0.2) is 4.39 Å². The quantitative estimate of drug-likeness (QED) is 0.473. The zero-order valence-corrected chi connectivity index (χ0v) is 17.6. The molecule has 1 aliphatic rings. The van der Waals surface area contributed by atoms with Gasteiger partial charge in [-0.05, 0) is 31.5 Å². The highest BCUT2D eigenvalue weighted by atomic mass is 19.1. The van der Waals surface area contributed by atoms with Crippen LogP contribution in [0.3, 0.4) is 0 Å². The molecule has 2 atom stereocenters. The summed E-state index contributed by atoms with van der Waals surface area (Å²) in [6, 6.07) is 9.14. The van der Waals surface area contributed by atoms with E-state index in [1.54, 1.807) is 17.0 Å². The first-order chi connectivity index (χ1) is 15.1. The summed E-state index contributed by atoms with van der Waals surface area (Å²) in [5.74, 6) is -0.727. The van der Waals surface area contributed by atoms with Crippen molar-refractivity contribution in [1.82, 2.24) is 9.80 Å². The summed E-state index contributed by atoms with van der Waals surface area (Å²) in [5, 5.41) is 22.0. The number of amides is 1. The molecule has 0 spiro atoms. The molecule has 1 fully saturated rings. The van der Waals surface area contributed by atoms with Crippen LogP contribution in [0.5, 0.6) is 5.75 Å². The molecule has 0 N–H and O–H groups in total. The summed E-state index contributed by atoms with van der Waals surface area (Å²) in [7, 11) is 0. The molecule has 0 radical (unpaired) electrons. The second kappa shape index (κ2) is 9.69. The van der Waals surface area contributed by atoms with E-state index in [1.807, 2.05) is 13.8 Å². The van der Waals surface area contributed by atoms with Crippen molar-refractivity contribution in [2.45, 2.75) is 32.5 Å². The molecule has 0 saturated carbocycles. The van der Waals surface area contributed by atoms with Gasteiger partial charge < -0.3 is 9.64 Å². The smallest absolute Gasteiger partial charge is 0.280 e. The van der Waals surface area contributed by atoms with Crippen molar-refractivity contribution in [3.05, 3.63) is 74.1 Å². The third-order valence-corrected chi connectivity index (χ3v) is 5.39. The zero-order chi connectivity index (χ0) is 23.4. The number of nitrogens with zero attached hydrogens (tertiary/aromatic N) is 4. The predicted molar refractivity (Wildman–Crippen MR) is 113 cm³/mol. The minimum absolute atomic E-state index is 0.0408. The van der Waals surface area contributed by atoms with Gasteiger partial charge in [0.05, 0.1) is 28.0 Å². The molecule has 1 amide bonds. The molecule has 11 heteroatoms.